The van der Waals surface area contributed by atoms with E-state index in [4.69, 9.17) is 21.7 Å². The fourth-order valence-electron chi connectivity index (χ4n) is 5.53. The molecule has 0 saturated carbocycles. The summed E-state index contributed by atoms with van der Waals surface area (Å²) in [6, 6.07) is 6.22. The number of hydrogen-bond acceptors (Lipinski definition) is 7. The van der Waals surface area contributed by atoms with Crippen LogP contribution in [0.2, 0.25) is 5.02 Å². The number of carbonyl (C=O) groups excluding carboxylic acids is 1. The van der Waals surface area contributed by atoms with Gasteiger partial charge in [-0.25, -0.2) is 17.9 Å². The summed E-state index contributed by atoms with van der Waals surface area (Å²) in [6.45, 7) is 4.38. The van der Waals surface area contributed by atoms with E-state index in [1.54, 1.807) is 15.5 Å². The Balaban J connectivity index is 1.47. The zero-order chi connectivity index (χ0) is 27.0. The largest absolute Gasteiger partial charge is 0.396 e. The molecule has 0 bridgehead atoms. The summed E-state index contributed by atoms with van der Waals surface area (Å²) in [6.07, 6.45) is 7.57. The molecule has 2 aromatic heterocycles. The Morgan fingerprint density at radius 2 is 2.00 bits per heavy atom. The van der Waals surface area contributed by atoms with Crippen LogP contribution in [0.1, 0.15) is 59.8 Å². The van der Waals surface area contributed by atoms with Gasteiger partial charge in [0.15, 0.2) is 5.65 Å². The average Bonchev–Trinajstić information content (AvgIpc) is 3.30. The van der Waals surface area contributed by atoms with Gasteiger partial charge in [-0.2, -0.15) is 5.10 Å². The van der Waals surface area contributed by atoms with E-state index in [0.29, 0.717) is 17.2 Å². The number of aryl methyl sites for hydroxylation is 1. The van der Waals surface area contributed by atoms with E-state index in [1.807, 2.05) is 19.2 Å². The summed E-state index contributed by atoms with van der Waals surface area (Å²) in [5.74, 6) is 0.847. The van der Waals surface area contributed by atoms with Gasteiger partial charge in [0.25, 0.3) is 5.91 Å². The molecule has 4 heterocycles. The lowest BCUT2D eigenvalue weighted by atomic mass is 9.98. The molecule has 3 aromatic rings. The highest BCUT2D eigenvalue weighted by Crippen LogP contribution is 2.34. The third-order valence-electron chi connectivity index (χ3n) is 7.31. The first-order valence-electron chi connectivity index (χ1n) is 12.9. The van der Waals surface area contributed by atoms with Gasteiger partial charge in [-0.15, -0.1) is 0 Å². The van der Waals surface area contributed by atoms with E-state index >= 15 is 0 Å². The molecule has 0 aliphatic carbocycles. The maximum atomic E-state index is 13.8. The standard InChI is InChI=1S/C26H33ClN6O4S/c1-17-14-33-24(28-25(17)31-10-5-6-18(15-31)16-34)13-22(29-33)23-7-3-4-11-32(23)26(35)20-12-19(27)8-9-21(20)30-38(2,36)37/h8-9,12-14,18,23,30,34H,3-7,10-11,15-16H2,1-2H3/t18-,23+/m1/s1. The zero-order valence-electron chi connectivity index (χ0n) is 21.6. The number of sulfonamides is 1. The van der Waals surface area contributed by atoms with Crippen molar-refractivity contribution in [1.82, 2.24) is 19.5 Å². The first-order chi connectivity index (χ1) is 18.1. The van der Waals surface area contributed by atoms with Gasteiger partial charge in [-0.3, -0.25) is 9.52 Å². The SMILES string of the molecule is Cc1cn2nc([C@@H]3CCCCN3C(=O)c3cc(Cl)ccc3NS(C)(=O)=O)cc2nc1N1CCC[C@@H](CO)C1. The van der Waals surface area contributed by atoms with E-state index in [0.717, 1.165) is 68.5 Å². The Hall–Kier alpha value is -2.89. The van der Waals surface area contributed by atoms with Gasteiger partial charge in [0.2, 0.25) is 10.0 Å². The molecule has 2 aliphatic rings. The number of halogens is 1. The normalized spacial score (nSPS) is 20.6. The molecule has 0 radical (unpaired) electrons. The molecule has 2 N–H and O–H groups in total. The van der Waals surface area contributed by atoms with Crippen molar-refractivity contribution >= 4 is 44.7 Å². The van der Waals surface area contributed by atoms with Crippen LogP contribution >= 0.6 is 11.6 Å². The van der Waals surface area contributed by atoms with Gasteiger partial charge in [-0.05, 0) is 63.1 Å². The molecule has 2 atom stereocenters. The Labute approximate surface area is 227 Å². The maximum absolute atomic E-state index is 13.8. The zero-order valence-corrected chi connectivity index (χ0v) is 23.2. The van der Waals surface area contributed by atoms with Crippen molar-refractivity contribution in [2.75, 3.05) is 42.1 Å². The molecule has 2 aliphatic heterocycles. The van der Waals surface area contributed by atoms with E-state index in [2.05, 4.69) is 9.62 Å². The van der Waals surface area contributed by atoms with Gasteiger partial charge < -0.3 is 14.9 Å². The van der Waals surface area contributed by atoms with Crippen molar-refractivity contribution in [2.24, 2.45) is 5.92 Å². The van der Waals surface area contributed by atoms with Gasteiger partial charge in [0.1, 0.15) is 5.82 Å². The fraction of sp³-hybridized carbons (Fsp3) is 0.500. The van der Waals surface area contributed by atoms with Gasteiger partial charge in [0, 0.05) is 49.1 Å². The molecular weight excluding hydrogens is 528 g/mol. The Kier molecular flexibility index (Phi) is 7.52. The van der Waals surface area contributed by atoms with E-state index in [9.17, 15) is 18.3 Å². The number of nitrogens with zero attached hydrogens (tertiary/aromatic N) is 5. The first-order valence-corrected chi connectivity index (χ1v) is 15.2. The number of anilines is 2. The molecule has 38 heavy (non-hydrogen) atoms. The second-order valence-corrected chi connectivity index (χ2v) is 12.5. The molecule has 1 amide bonds. The Bertz CT molecular complexity index is 1460. The lowest BCUT2D eigenvalue weighted by Crippen LogP contribution is -2.39. The molecule has 204 valence electrons. The van der Waals surface area contributed by atoms with Crippen LogP contribution in [0.4, 0.5) is 11.5 Å². The number of aliphatic hydroxyl groups excluding tert-OH is 1. The summed E-state index contributed by atoms with van der Waals surface area (Å²) in [5.41, 5.74) is 2.85. The van der Waals surface area contributed by atoms with Crippen molar-refractivity contribution in [1.29, 1.82) is 0 Å². The molecule has 0 spiro atoms. The number of likely N-dealkylation sites (tertiary alicyclic amines) is 1. The van der Waals surface area contributed by atoms with Crippen LogP contribution in [0.15, 0.2) is 30.5 Å². The number of rotatable bonds is 6. The number of carbonyl (C=O) groups is 1. The van der Waals surface area contributed by atoms with E-state index in [1.165, 1.54) is 12.1 Å². The summed E-state index contributed by atoms with van der Waals surface area (Å²) in [7, 11) is -3.59. The van der Waals surface area contributed by atoms with Crippen molar-refractivity contribution in [3.05, 3.63) is 52.3 Å². The first kappa shape index (κ1) is 26.7. The van der Waals surface area contributed by atoms with Crippen molar-refractivity contribution < 1.29 is 18.3 Å². The average molecular weight is 561 g/mol. The van der Waals surface area contributed by atoms with Crippen LogP contribution < -0.4 is 9.62 Å². The summed E-state index contributed by atoms with van der Waals surface area (Å²) in [5, 5.41) is 14.8. The highest BCUT2D eigenvalue weighted by Gasteiger charge is 2.32. The second kappa shape index (κ2) is 10.7. The molecule has 12 heteroatoms. The number of aliphatic hydroxyl groups is 1. The molecule has 2 fully saturated rings. The molecule has 10 nitrogen and oxygen atoms in total. The topological polar surface area (TPSA) is 120 Å². The lowest BCUT2D eigenvalue weighted by Gasteiger charge is -2.35. The number of hydrogen-bond donors (Lipinski definition) is 2. The number of fused-ring (bicyclic) bond motifs is 1. The van der Waals surface area contributed by atoms with E-state index < -0.39 is 10.0 Å². The maximum Gasteiger partial charge on any atom is 0.256 e. The van der Waals surface area contributed by atoms with Gasteiger partial charge in [-0.1, -0.05) is 11.6 Å². The monoisotopic (exact) mass is 560 g/mol. The van der Waals surface area contributed by atoms with Crippen molar-refractivity contribution in [3.63, 3.8) is 0 Å². The van der Waals surface area contributed by atoms with E-state index in [-0.39, 0.29) is 35.7 Å². The van der Waals surface area contributed by atoms with Crippen LogP contribution in [-0.4, -0.2) is 71.4 Å². The smallest absolute Gasteiger partial charge is 0.256 e. The summed E-state index contributed by atoms with van der Waals surface area (Å²) in [4.78, 5) is 22.7. The number of aromatic nitrogens is 3. The predicted molar refractivity (Wildman–Crippen MR) is 147 cm³/mol. The quantitative estimate of drug-likeness (QED) is 0.472. The van der Waals surface area contributed by atoms with Gasteiger partial charge >= 0.3 is 0 Å². The second-order valence-electron chi connectivity index (χ2n) is 10.3. The van der Waals surface area contributed by atoms with Gasteiger partial charge in [0.05, 0.1) is 29.2 Å². The number of amides is 1. The Morgan fingerprint density at radius 3 is 2.76 bits per heavy atom. The van der Waals surface area contributed by atoms with Crippen LogP contribution in [0.25, 0.3) is 5.65 Å². The number of piperidine rings is 2. The summed E-state index contributed by atoms with van der Waals surface area (Å²) < 4.78 is 28.0. The minimum atomic E-state index is -3.59. The highest BCUT2D eigenvalue weighted by molar-refractivity contribution is 7.92. The predicted octanol–water partition coefficient (Wildman–Crippen LogP) is 3.64. The summed E-state index contributed by atoms with van der Waals surface area (Å²) >= 11 is 6.20. The molecule has 1 aromatic carbocycles. The highest BCUT2D eigenvalue weighted by atomic mass is 35.5. The number of benzene rings is 1. The molecule has 0 unspecified atom stereocenters. The molecule has 2 saturated heterocycles. The van der Waals surface area contributed by atoms with Crippen LogP contribution in [0.5, 0.6) is 0 Å². The molecular formula is C26H33ClN6O4S. The van der Waals surface area contributed by atoms with Crippen LogP contribution in [0, 0.1) is 12.8 Å². The van der Waals surface area contributed by atoms with Crippen LogP contribution in [0.3, 0.4) is 0 Å². The van der Waals surface area contributed by atoms with Crippen molar-refractivity contribution in [2.45, 2.75) is 45.1 Å². The number of nitrogens with one attached hydrogen (secondary N) is 1. The van der Waals surface area contributed by atoms with Crippen molar-refractivity contribution in [3.8, 4) is 0 Å². The minimum Gasteiger partial charge on any atom is -0.396 e. The third kappa shape index (κ3) is 5.60. The fourth-order valence-corrected chi connectivity index (χ4v) is 6.28. The Morgan fingerprint density at radius 1 is 1.18 bits per heavy atom. The van der Waals surface area contributed by atoms with Crippen LogP contribution in [-0.2, 0) is 10.0 Å². The lowest BCUT2D eigenvalue weighted by molar-refractivity contribution is 0.0607. The molecule has 5 rings (SSSR count). The minimum absolute atomic E-state index is 0.175. The third-order valence-corrected chi connectivity index (χ3v) is 8.14.